The summed E-state index contributed by atoms with van der Waals surface area (Å²) >= 11 is 6.02. The monoisotopic (exact) mass is 297 g/mol. The highest BCUT2D eigenvalue weighted by Gasteiger charge is 2.31. The van der Waals surface area contributed by atoms with Gasteiger partial charge in [0.05, 0.1) is 5.92 Å². The molecule has 0 fully saturated rings. The number of halogens is 1. The lowest BCUT2D eigenvalue weighted by molar-refractivity contribution is -0.128. The maximum Gasteiger partial charge on any atom is 0.250 e. The number of hydrogen-bond donors (Lipinski definition) is 1. The Hall–Kier alpha value is -2.39. The van der Waals surface area contributed by atoms with E-state index in [2.05, 4.69) is 5.32 Å². The molecule has 0 radical (unpaired) electrons. The van der Waals surface area contributed by atoms with Crippen molar-refractivity contribution in [1.82, 2.24) is 5.32 Å². The van der Waals surface area contributed by atoms with Crippen LogP contribution in [0.15, 0.2) is 60.7 Å². The molecule has 1 aliphatic heterocycles. The highest BCUT2D eigenvalue weighted by atomic mass is 35.5. The first-order chi connectivity index (χ1) is 10.1. The lowest BCUT2D eigenvalue weighted by Crippen LogP contribution is -2.38. The predicted molar refractivity (Wildman–Crippen MR) is 81.8 cm³/mol. The Morgan fingerprint density at radius 2 is 1.71 bits per heavy atom. The van der Waals surface area contributed by atoms with Crippen molar-refractivity contribution in [2.45, 2.75) is 5.92 Å². The highest BCUT2D eigenvalue weighted by Crippen LogP contribution is 2.35. The Kier molecular flexibility index (Phi) is 3.59. The smallest absolute Gasteiger partial charge is 0.250 e. The highest BCUT2D eigenvalue weighted by molar-refractivity contribution is 6.30. The van der Waals surface area contributed by atoms with Gasteiger partial charge in [-0.05, 0) is 28.8 Å². The molecule has 3 rings (SSSR count). The van der Waals surface area contributed by atoms with Crippen LogP contribution in [0.1, 0.15) is 17.0 Å². The maximum absolute atomic E-state index is 12.3. The fourth-order valence-electron chi connectivity index (χ4n) is 2.49. The molecule has 0 aliphatic carbocycles. The van der Waals surface area contributed by atoms with E-state index in [1.807, 2.05) is 36.4 Å². The van der Waals surface area contributed by atoms with Crippen LogP contribution in [-0.4, -0.2) is 11.8 Å². The van der Waals surface area contributed by atoms with Gasteiger partial charge in [-0.15, -0.1) is 0 Å². The van der Waals surface area contributed by atoms with E-state index < -0.39 is 11.8 Å². The van der Waals surface area contributed by atoms with Crippen LogP contribution in [0, 0.1) is 0 Å². The first-order valence-electron chi connectivity index (χ1n) is 6.52. The SMILES string of the molecule is O=C1C=C(c2ccccc2)C(c2cccc(Cl)c2)C(=O)N1. The standard InChI is InChI=1S/C17H12ClNO2/c18-13-8-4-7-12(9-13)16-14(10-15(20)19-17(16)21)11-5-2-1-3-6-11/h1-10,16H,(H,19,20,21). The quantitative estimate of drug-likeness (QED) is 0.866. The van der Waals surface area contributed by atoms with Crippen molar-refractivity contribution >= 4 is 29.0 Å². The zero-order valence-corrected chi connectivity index (χ0v) is 11.8. The fraction of sp³-hybridized carbons (Fsp3) is 0.0588. The van der Waals surface area contributed by atoms with E-state index in [0.717, 1.165) is 11.1 Å². The lowest BCUT2D eigenvalue weighted by Gasteiger charge is -2.24. The summed E-state index contributed by atoms with van der Waals surface area (Å²) in [6.45, 7) is 0. The van der Waals surface area contributed by atoms with Crippen molar-refractivity contribution in [3.63, 3.8) is 0 Å². The second kappa shape index (κ2) is 5.54. The number of carbonyl (C=O) groups is 2. The van der Waals surface area contributed by atoms with Gasteiger partial charge in [-0.2, -0.15) is 0 Å². The van der Waals surface area contributed by atoms with E-state index in [-0.39, 0.29) is 5.91 Å². The molecule has 0 aromatic heterocycles. The molecule has 3 nitrogen and oxygen atoms in total. The molecule has 0 saturated heterocycles. The number of carbonyl (C=O) groups excluding carboxylic acids is 2. The van der Waals surface area contributed by atoms with E-state index in [9.17, 15) is 9.59 Å². The number of amides is 2. The largest absolute Gasteiger partial charge is 0.292 e. The molecule has 21 heavy (non-hydrogen) atoms. The van der Waals surface area contributed by atoms with Gasteiger partial charge in [0, 0.05) is 11.1 Å². The fourth-order valence-corrected chi connectivity index (χ4v) is 2.69. The minimum Gasteiger partial charge on any atom is -0.292 e. The summed E-state index contributed by atoms with van der Waals surface area (Å²) in [5, 5.41) is 2.91. The van der Waals surface area contributed by atoms with Gasteiger partial charge in [0.2, 0.25) is 5.91 Å². The Morgan fingerprint density at radius 3 is 2.43 bits per heavy atom. The van der Waals surface area contributed by atoms with Gasteiger partial charge >= 0.3 is 0 Å². The van der Waals surface area contributed by atoms with Gasteiger partial charge in [-0.3, -0.25) is 14.9 Å². The third-order valence-corrected chi connectivity index (χ3v) is 3.63. The van der Waals surface area contributed by atoms with Gasteiger partial charge in [0.25, 0.3) is 5.91 Å². The lowest BCUT2D eigenvalue weighted by atomic mass is 9.84. The van der Waals surface area contributed by atoms with E-state index in [4.69, 9.17) is 11.6 Å². The van der Waals surface area contributed by atoms with Gasteiger partial charge in [0.1, 0.15) is 0 Å². The third-order valence-electron chi connectivity index (χ3n) is 3.40. The summed E-state index contributed by atoms with van der Waals surface area (Å²) in [6.07, 6.45) is 1.47. The minimum atomic E-state index is -0.538. The van der Waals surface area contributed by atoms with Crippen LogP contribution >= 0.6 is 11.6 Å². The Bertz CT molecular complexity index is 737. The van der Waals surface area contributed by atoms with E-state index in [1.165, 1.54) is 6.08 Å². The number of hydrogen-bond acceptors (Lipinski definition) is 2. The molecule has 2 aromatic rings. The molecule has 1 heterocycles. The van der Waals surface area contributed by atoms with Crippen LogP contribution in [0.4, 0.5) is 0 Å². The van der Waals surface area contributed by atoms with Gasteiger partial charge in [-0.1, -0.05) is 54.1 Å². The molecule has 0 saturated carbocycles. The van der Waals surface area contributed by atoms with E-state index >= 15 is 0 Å². The molecule has 1 aliphatic rings. The van der Waals surface area contributed by atoms with E-state index in [0.29, 0.717) is 10.6 Å². The van der Waals surface area contributed by atoms with Crippen molar-refractivity contribution in [2.24, 2.45) is 0 Å². The number of nitrogens with one attached hydrogen (secondary N) is 1. The zero-order chi connectivity index (χ0) is 14.8. The first-order valence-corrected chi connectivity index (χ1v) is 6.90. The van der Waals surface area contributed by atoms with Crippen LogP contribution < -0.4 is 5.32 Å². The maximum atomic E-state index is 12.3. The second-order valence-electron chi connectivity index (χ2n) is 4.81. The summed E-state index contributed by atoms with van der Waals surface area (Å²) < 4.78 is 0. The van der Waals surface area contributed by atoms with Gasteiger partial charge in [0.15, 0.2) is 0 Å². The van der Waals surface area contributed by atoms with Crippen LogP contribution in [0.25, 0.3) is 5.57 Å². The minimum absolute atomic E-state index is 0.330. The van der Waals surface area contributed by atoms with Crippen LogP contribution in [0.5, 0.6) is 0 Å². The summed E-state index contributed by atoms with van der Waals surface area (Å²) in [5.41, 5.74) is 2.31. The molecule has 1 atom stereocenters. The average Bonchev–Trinajstić information content (AvgIpc) is 2.47. The summed E-state index contributed by atoms with van der Waals surface area (Å²) in [7, 11) is 0. The normalized spacial score (nSPS) is 18.1. The van der Waals surface area contributed by atoms with Gasteiger partial charge < -0.3 is 0 Å². The molecule has 1 N–H and O–H groups in total. The summed E-state index contributed by atoms with van der Waals surface area (Å²) in [5.74, 6) is -1.26. The van der Waals surface area contributed by atoms with Crippen molar-refractivity contribution in [3.8, 4) is 0 Å². The first kappa shape index (κ1) is 13.6. The predicted octanol–water partition coefficient (Wildman–Crippen LogP) is 3.16. The molecular weight excluding hydrogens is 286 g/mol. The van der Waals surface area contributed by atoms with Crippen molar-refractivity contribution in [2.75, 3.05) is 0 Å². The summed E-state index contributed by atoms with van der Waals surface area (Å²) in [4.78, 5) is 24.0. The van der Waals surface area contributed by atoms with Gasteiger partial charge in [-0.25, -0.2) is 0 Å². The Balaban J connectivity index is 2.13. The third kappa shape index (κ3) is 2.73. The number of imide groups is 1. The molecule has 2 aromatic carbocycles. The second-order valence-corrected chi connectivity index (χ2v) is 5.24. The molecule has 0 bridgehead atoms. The molecule has 1 unspecified atom stereocenters. The van der Waals surface area contributed by atoms with Crippen LogP contribution in [-0.2, 0) is 9.59 Å². The number of benzene rings is 2. The summed E-state index contributed by atoms with van der Waals surface area (Å²) in [6, 6.07) is 16.5. The zero-order valence-electron chi connectivity index (χ0n) is 11.0. The molecular formula is C17H12ClNO2. The Morgan fingerprint density at radius 1 is 0.952 bits per heavy atom. The number of rotatable bonds is 2. The molecule has 104 valence electrons. The van der Waals surface area contributed by atoms with Crippen LogP contribution in [0.3, 0.4) is 0 Å². The van der Waals surface area contributed by atoms with E-state index in [1.54, 1.807) is 18.2 Å². The van der Waals surface area contributed by atoms with Crippen molar-refractivity contribution < 1.29 is 9.59 Å². The van der Waals surface area contributed by atoms with Crippen molar-refractivity contribution in [3.05, 3.63) is 76.8 Å². The Labute approximate surface area is 127 Å². The molecule has 2 amide bonds. The average molecular weight is 298 g/mol. The van der Waals surface area contributed by atoms with Crippen molar-refractivity contribution in [1.29, 1.82) is 0 Å². The van der Waals surface area contributed by atoms with Crippen LogP contribution in [0.2, 0.25) is 5.02 Å². The molecule has 4 heteroatoms. The molecule has 0 spiro atoms. The topological polar surface area (TPSA) is 46.2 Å².